The molecule has 10 heteroatoms. The Balaban J connectivity index is 1.97. The number of benzene rings is 2. The van der Waals surface area contributed by atoms with Crippen LogP contribution in [-0.4, -0.2) is 30.0 Å². The standard InChI is InChI=1S/C20H16ClIN2O6/c1-3-28-17-9-11(7-15(22)18(17)29-4-2)8-16-20(25)30-19(23-16)13-6-5-12(24(26)27)10-14(13)21/h5-10H,3-4H2,1-2H3/b16-8-. The van der Waals surface area contributed by atoms with Gasteiger partial charge in [0, 0.05) is 12.1 Å². The van der Waals surface area contributed by atoms with Crippen molar-refractivity contribution in [1.82, 2.24) is 0 Å². The number of ether oxygens (including phenoxy) is 3. The Morgan fingerprint density at radius 3 is 2.60 bits per heavy atom. The van der Waals surface area contributed by atoms with Crippen LogP contribution in [0.4, 0.5) is 5.69 Å². The molecule has 2 aromatic rings. The van der Waals surface area contributed by atoms with Gasteiger partial charge in [-0.1, -0.05) is 11.6 Å². The summed E-state index contributed by atoms with van der Waals surface area (Å²) in [6.45, 7) is 4.70. The van der Waals surface area contributed by atoms with Crippen molar-refractivity contribution >= 4 is 57.8 Å². The molecule has 0 radical (unpaired) electrons. The van der Waals surface area contributed by atoms with Crippen LogP contribution in [0.1, 0.15) is 25.0 Å². The summed E-state index contributed by atoms with van der Waals surface area (Å²) >= 11 is 8.24. The topological polar surface area (TPSA) is 100 Å². The van der Waals surface area contributed by atoms with Gasteiger partial charge in [0.25, 0.3) is 5.69 Å². The Kier molecular flexibility index (Phi) is 6.93. The van der Waals surface area contributed by atoms with Crippen molar-refractivity contribution in [2.45, 2.75) is 13.8 Å². The molecule has 0 unspecified atom stereocenters. The second-order valence-corrected chi connectivity index (χ2v) is 7.52. The number of nitrogens with zero attached hydrogens (tertiary/aromatic N) is 2. The first-order valence-electron chi connectivity index (χ1n) is 8.90. The summed E-state index contributed by atoms with van der Waals surface area (Å²) in [5.74, 6) is 0.531. The number of aliphatic imine (C=N–C) groups is 1. The molecular formula is C20H16ClIN2O6. The molecule has 0 saturated carbocycles. The van der Waals surface area contributed by atoms with Gasteiger partial charge >= 0.3 is 5.97 Å². The molecule has 3 rings (SSSR count). The Morgan fingerprint density at radius 2 is 1.97 bits per heavy atom. The fraction of sp³-hybridized carbons (Fsp3) is 0.200. The van der Waals surface area contributed by atoms with E-state index in [9.17, 15) is 14.9 Å². The highest BCUT2D eigenvalue weighted by molar-refractivity contribution is 14.1. The first-order chi connectivity index (χ1) is 14.3. The van der Waals surface area contributed by atoms with Gasteiger partial charge < -0.3 is 14.2 Å². The monoisotopic (exact) mass is 542 g/mol. The average Bonchev–Trinajstić information content (AvgIpc) is 3.04. The van der Waals surface area contributed by atoms with Crippen molar-refractivity contribution in [1.29, 1.82) is 0 Å². The van der Waals surface area contributed by atoms with Crippen molar-refractivity contribution in [2.75, 3.05) is 13.2 Å². The van der Waals surface area contributed by atoms with E-state index in [1.165, 1.54) is 18.2 Å². The van der Waals surface area contributed by atoms with Crippen LogP contribution in [0.15, 0.2) is 41.0 Å². The minimum absolute atomic E-state index is 0.0168. The molecule has 0 N–H and O–H groups in total. The van der Waals surface area contributed by atoms with E-state index in [4.69, 9.17) is 25.8 Å². The molecular weight excluding hydrogens is 527 g/mol. The predicted molar refractivity (Wildman–Crippen MR) is 120 cm³/mol. The van der Waals surface area contributed by atoms with Crippen LogP contribution >= 0.6 is 34.2 Å². The molecule has 0 saturated heterocycles. The number of nitro benzene ring substituents is 1. The number of hydrogen-bond acceptors (Lipinski definition) is 7. The van der Waals surface area contributed by atoms with Crippen LogP contribution in [-0.2, 0) is 9.53 Å². The summed E-state index contributed by atoms with van der Waals surface area (Å²) in [7, 11) is 0. The average molecular weight is 543 g/mol. The number of cyclic esters (lactones) is 1. The molecule has 156 valence electrons. The highest BCUT2D eigenvalue weighted by Gasteiger charge is 2.27. The number of hydrogen-bond donors (Lipinski definition) is 0. The summed E-state index contributed by atoms with van der Waals surface area (Å²) in [6.07, 6.45) is 1.56. The lowest BCUT2D eigenvalue weighted by Crippen LogP contribution is -2.06. The van der Waals surface area contributed by atoms with E-state index in [0.717, 1.165) is 3.57 Å². The molecule has 0 spiro atoms. The van der Waals surface area contributed by atoms with Crippen molar-refractivity contribution in [3.8, 4) is 11.5 Å². The summed E-state index contributed by atoms with van der Waals surface area (Å²) in [4.78, 5) is 26.8. The van der Waals surface area contributed by atoms with Crippen LogP contribution in [0.5, 0.6) is 11.5 Å². The van der Waals surface area contributed by atoms with Gasteiger partial charge in [-0.2, -0.15) is 0 Å². The first kappa shape index (κ1) is 22.0. The van der Waals surface area contributed by atoms with E-state index in [0.29, 0.717) is 30.3 Å². The van der Waals surface area contributed by atoms with Crippen molar-refractivity contribution < 1.29 is 23.9 Å². The third-order valence-corrected chi connectivity index (χ3v) is 5.05. The zero-order chi connectivity index (χ0) is 21.8. The smallest absolute Gasteiger partial charge is 0.363 e. The molecule has 8 nitrogen and oxygen atoms in total. The van der Waals surface area contributed by atoms with Gasteiger partial charge in [0.1, 0.15) is 0 Å². The zero-order valence-corrected chi connectivity index (χ0v) is 18.9. The highest BCUT2D eigenvalue weighted by Crippen LogP contribution is 2.35. The number of carbonyl (C=O) groups excluding carboxylic acids is 1. The Hall–Kier alpha value is -2.66. The fourth-order valence-electron chi connectivity index (χ4n) is 2.69. The number of esters is 1. The third-order valence-electron chi connectivity index (χ3n) is 3.94. The second kappa shape index (κ2) is 9.43. The molecule has 0 bridgehead atoms. The van der Waals surface area contributed by atoms with E-state index >= 15 is 0 Å². The molecule has 0 fully saturated rings. The van der Waals surface area contributed by atoms with Gasteiger partial charge in [0.05, 0.1) is 32.3 Å². The third kappa shape index (κ3) is 4.73. The van der Waals surface area contributed by atoms with E-state index < -0.39 is 10.9 Å². The van der Waals surface area contributed by atoms with Gasteiger partial charge in [-0.3, -0.25) is 10.1 Å². The summed E-state index contributed by atoms with van der Waals surface area (Å²) in [5.41, 5.74) is 0.868. The molecule has 1 aliphatic rings. The maximum Gasteiger partial charge on any atom is 0.363 e. The number of non-ortho nitro benzene ring substituents is 1. The number of carbonyl (C=O) groups is 1. The fourth-order valence-corrected chi connectivity index (χ4v) is 3.73. The lowest BCUT2D eigenvalue weighted by molar-refractivity contribution is -0.384. The molecule has 0 amide bonds. The largest absolute Gasteiger partial charge is 0.490 e. The minimum atomic E-state index is -0.652. The zero-order valence-electron chi connectivity index (χ0n) is 16.0. The molecule has 1 aliphatic heterocycles. The molecule has 2 aromatic carbocycles. The number of halogens is 2. The number of rotatable bonds is 7. The summed E-state index contributed by atoms with van der Waals surface area (Å²) < 4.78 is 17.3. The van der Waals surface area contributed by atoms with Crippen LogP contribution in [0.2, 0.25) is 5.02 Å². The Bertz CT molecular complexity index is 1080. The lowest BCUT2D eigenvalue weighted by atomic mass is 10.1. The lowest BCUT2D eigenvalue weighted by Gasteiger charge is -2.13. The van der Waals surface area contributed by atoms with Crippen LogP contribution in [0, 0.1) is 13.7 Å². The van der Waals surface area contributed by atoms with Gasteiger partial charge in [-0.25, -0.2) is 9.79 Å². The van der Waals surface area contributed by atoms with E-state index in [2.05, 4.69) is 27.6 Å². The van der Waals surface area contributed by atoms with E-state index in [1.807, 2.05) is 19.9 Å². The maximum atomic E-state index is 12.3. The van der Waals surface area contributed by atoms with Crippen LogP contribution in [0.3, 0.4) is 0 Å². The normalized spacial score (nSPS) is 14.5. The molecule has 0 aromatic heterocycles. The van der Waals surface area contributed by atoms with Gasteiger partial charge in [0.15, 0.2) is 17.2 Å². The van der Waals surface area contributed by atoms with Gasteiger partial charge in [-0.05, 0) is 66.3 Å². The van der Waals surface area contributed by atoms with Crippen molar-refractivity contribution in [3.63, 3.8) is 0 Å². The maximum absolute atomic E-state index is 12.3. The van der Waals surface area contributed by atoms with Crippen LogP contribution < -0.4 is 9.47 Å². The quantitative estimate of drug-likeness (QED) is 0.161. The Labute approximate surface area is 190 Å². The van der Waals surface area contributed by atoms with Crippen molar-refractivity contribution in [2.24, 2.45) is 4.99 Å². The molecule has 0 atom stereocenters. The first-order valence-corrected chi connectivity index (χ1v) is 10.4. The predicted octanol–water partition coefficient (Wildman–Crippen LogP) is 4.99. The molecule has 1 heterocycles. The summed E-state index contributed by atoms with van der Waals surface area (Å²) in [5, 5.41) is 10.9. The SMILES string of the molecule is CCOc1cc(/C=C2\N=C(c3ccc([N+](=O)[O-])cc3Cl)OC2=O)cc(I)c1OCC. The van der Waals surface area contributed by atoms with Crippen LogP contribution in [0.25, 0.3) is 6.08 Å². The molecule has 30 heavy (non-hydrogen) atoms. The summed E-state index contributed by atoms with van der Waals surface area (Å²) in [6, 6.07) is 7.42. The molecule has 0 aliphatic carbocycles. The van der Waals surface area contributed by atoms with E-state index in [1.54, 1.807) is 12.1 Å². The Morgan fingerprint density at radius 1 is 1.23 bits per heavy atom. The highest BCUT2D eigenvalue weighted by atomic mass is 127. The number of nitro groups is 1. The van der Waals surface area contributed by atoms with Gasteiger partial charge in [-0.15, -0.1) is 0 Å². The second-order valence-electron chi connectivity index (χ2n) is 5.95. The minimum Gasteiger partial charge on any atom is -0.490 e. The van der Waals surface area contributed by atoms with Gasteiger partial charge in [0.2, 0.25) is 5.90 Å². The van der Waals surface area contributed by atoms with Crippen molar-refractivity contribution in [3.05, 3.63) is 65.9 Å². The van der Waals surface area contributed by atoms with E-state index in [-0.39, 0.29) is 27.9 Å².